The SMILES string of the molecule is C[Si](C)(C)CCOCn1cnc2cc(N(Cc3ccc(C4CCCCC4)cn3)C(=O)c3cccn3S(=O)(=O)c3cc(F)c(F)c(C#N)c3)ccc2c1=O. The van der Waals surface area contributed by atoms with Crippen LogP contribution in [0.5, 0.6) is 0 Å². The second-order valence-corrected chi connectivity index (χ2v) is 21.9. The molecule has 0 atom stereocenters. The maximum atomic E-state index is 14.5. The molecule has 1 aliphatic carbocycles. The van der Waals surface area contributed by atoms with E-state index in [-0.39, 0.29) is 24.5 Å². The highest BCUT2D eigenvalue weighted by molar-refractivity contribution is 7.90. The molecule has 0 spiro atoms. The first-order valence-electron chi connectivity index (χ1n) is 17.4. The van der Waals surface area contributed by atoms with Crippen molar-refractivity contribution in [2.24, 2.45) is 0 Å². The van der Waals surface area contributed by atoms with Gasteiger partial charge in [-0.1, -0.05) is 45.0 Å². The van der Waals surface area contributed by atoms with Gasteiger partial charge in [-0.15, -0.1) is 0 Å². The second kappa shape index (κ2) is 15.5. The number of hydrogen-bond donors (Lipinski definition) is 0. The van der Waals surface area contributed by atoms with Gasteiger partial charge in [0.15, 0.2) is 11.6 Å². The first kappa shape index (κ1) is 37.7. The number of rotatable bonds is 12. The van der Waals surface area contributed by atoms with Crippen molar-refractivity contribution in [3.63, 3.8) is 0 Å². The van der Waals surface area contributed by atoms with E-state index in [4.69, 9.17) is 4.74 Å². The highest BCUT2D eigenvalue weighted by Gasteiger charge is 2.29. The van der Waals surface area contributed by atoms with E-state index in [9.17, 15) is 32.0 Å². The molecule has 1 aliphatic rings. The molecule has 5 aromatic rings. The third-order valence-electron chi connectivity index (χ3n) is 9.45. The Morgan fingerprint density at radius 3 is 2.53 bits per heavy atom. The van der Waals surface area contributed by atoms with E-state index in [1.807, 2.05) is 18.3 Å². The standard InChI is InChI=1S/C38H40F2N6O5SSi/c1-53(2,3)17-16-51-25-44-24-43-34-19-30(13-14-32(34)37(44)47)45(23-29-12-11-27(22-42-29)26-8-5-4-6-9-26)38(48)35-10-7-15-46(35)52(49,50)31-18-28(21-41)36(40)33(39)20-31/h7,10-15,18-20,22,24,26H,4-6,8-9,16-17,23,25H2,1-3H3. The molecule has 6 rings (SSSR count). The van der Waals surface area contributed by atoms with Crippen LogP contribution in [0.15, 0.2) is 83.0 Å². The van der Waals surface area contributed by atoms with Gasteiger partial charge in [-0.3, -0.25) is 19.1 Å². The quantitative estimate of drug-likeness (QED) is 0.0963. The van der Waals surface area contributed by atoms with E-state index >= 15 is 0 Å². The number of halogens is 2. The molecular formula is C38H40F2N6O5SSi. The van der Waals surface area contributed by atoms with Crippen LogP contribution in [-0.4, -0.2) is 47.5 Å². The average molecular weight is 759 g/mol. The fourth-order valence-corrected chi connectivity index (χ4v) is 8.52. The molecule has 11 nitrogen and oxygen atoms in total. The molecule has 0 aliphatic heterocycles. The molecule has 15 heteroatoms. The summed E-state index contributed by atoms with van der Waals surface area (Å²) in [6, 6.07) is 14.7. The number of carbonyl (C=O) groups excluding carboxylic acids is 1. The number of benzene rings is 2. The van der Waals surface area contributed by atoms with Gasteiger partial charge in [-0.2, -0.15) is 5.26 Å². The number of aromatic nitrogens is 4. The summed E-state index contributed by atoms with van der Waals surface area (Å²) in [5.41, 5.74) is 0.817. The summed E-state index contributed by atoms with van der Waals surface area (Å²) in [6.07, 6.45) is 10.0. The minimum absolute atomic E-state index is 0.0421. The smallest absolute Gasteiger partial charge is 0.276 e. The Balaban J connectivity index is 1.36. The number of ether oxygens (including phenoxy) is 1. The van der Waals surface area contributed by atoms with Gasteiger partial charge in [0, 0.05) is 32.8 Å². The van der Waals surface area contributed by atoms with Crippen molar-refractivity contribution in [2.75, 3.05) is 11.5 Å². The minimum atomic E-state index is -4.68. The zero-order valence-electron chi connectivity index (χ0n) is 29.8. The zero-order chi connectivity index (χ0) is 37.9. The molecule has 1 amide bonds. The average Bonchev–Trinajstić information content (AvgIpc) is 3.65. The van der Waals surface area contributed by atoms with Crippen molar-refractivity contribution in [1.82, 2.24) is 18.5 Å². The fourth-order valence-electron chi connectivity index (χ4n) is 6.38. The van der Waals surface area contributed by atoms with Gasteiger partial charge in [0.25, 0.3) is 21.5 Å². The molecule has 276 valence electrons. The Kier molecular flexibility index (Phi) is 11.0. The third kappa shape index (κ3) is 8.30. The van der Waals surface area contributed by atoms with Crippen LogP contribution in [-0.2, 0) is 28.0 Å². The molecular weight excluding hydrogens is 719 g/mol. The van der Waals surface area contributed by atoms with Crippen molar-refractivity contribution in [3.05, 3.63) is 118 Å². The summed E-state index contributed by atoms with van der Waals surface area (Å²) < 4.78 is 63.8. The van der Waals surface area contributed by atoms with Crippen LogP contribution < -0.4 is 10.5 Å². The van der Waals surface area contributed by atoms with Crippen LogP contribution in [0.2, 0.25) is 25.7 Å². The lowest BCUT2D eigenvalue weighted by Crippen LogP contribution is -2.33. The van der Waals surface area contributed by atoms with Crippen molar-refractivity contribution in [1.29, 1.82) is 5.26 Å². The topological polar surface area (TPSA) is 140 Å². The van der Waals surface area contributed by atoms with Gasteiger partial charge in [0.1, 0.15) is 24.8 Å². The van der Waals surface area contributed by atoms with E-state index in [1.165, 1.54) is 40.4 Å². The van der Waals surface area contributed by atoms with Gasteiger partial charge in [-0.25, -0.2) is 26.2 Å². The summed E-state index contributed by atoms with van der Waals surface area (Å²) in [5, 5.41) is 9.56. The van der Waals surface area contributed by atoms with Gasteiger partial charge < -0.3 is 9.64 Å². The number of pyridine rings is 1. The lowest BCUT2D eigenvalue weighted by atomic mass is 9.85. The van der Waals surface area contributed by atoms with Crippen LogP contribution >= 0.6 is 0 Å². The molecule has 1 saturated carbocycles. The van der Waals surface area contributed by atoms with Crippen molar-refractivity contribution >= 4 is 40.6 Å². The number of nitrogens with zero attached hydrogens (tertiary/aromatic N) is 6. The summed E-state index contributed by atoms with van der Waals surface area (Å²) in [5.74, 6) is -3.35. The maximum absolute atomic E-state index is 14.5. The Morgan fingerprint density at radius 2 is 1.83 bits per heavy atom. The van der Waals surface area contributed by atoms with E-state index in [0.29, 0.717) is 44.8 Å². The number of nitriles is 1. The Bertz CT molecular complexity index is 2360. The lowest BCUT2D eigenvalue weighted by Gasteiger charge is -2.25. The molecule has 1 fully saturated rings. The fraction of sp³-hybridized carbons (Fsp3) is 0.342. The first-order chi connectivity index (χ1) is 25.3. The Hall–Kier alpha value is -5.04. The molecule has 3 aromatic heterocycles. The molecule has 0 radical (unpaired) electrons. The number of carbonyl (C=O) groups is 1. The van der Waals surface area contributed by atoms with Gasteiger partial charge in [0.2, 0.25) is 0 Å². The highest BCUT2D eigenvalue weighted by Crippen LogP contribution is 2.33. The van der Waals surface area contributed by atoms with Crippen molar-refractivity contribution < 1.29 is 26.7 Å². The summed E-state index contributed by atoms with van der Waals surface area (Å²) in [7, 11) is -6.00. The number of anilines is 1. The second-order valence-electron chi connectivity index (χ2n) is 14.5. The Morgan fingerprint density at radius 1 is 1.06 bits per heavy atom. The monoisotopic (exact) mass is 758 g/mol. The molecule has 2 aromatic carbocycles. The predicted molar refractivity (Wildman–Crippen MR) is 199 cm³/mol. The normalized spacial score (nSPS) is 14.0. The molecule has 0 saturated heterocycles. The van der Waals surface area contributed by atoms with E-state index in [2.05, 4.69) is 29.6 Å². The van der Waals surface area contributed by atoms with Gasteiger partial charge >= 0.3 is 0 Å². The van der Waals surface area contributed by atoms with Crippen molar-refractivity contribution in [2.45, 2.75) is 81.9 Å². The molecule has 0 bridgehead atoms. The minimum Gasteiger partial charge on any atom is -0.361 e. The summed E-state index contributed by atoms with van der Waals surface area (Å²) in [4.78, 5) is 37.6. The van der Waals surface area contributed by atoms with Gasteiger partial charge in [0.05, 0.1) is 33.6 Å². The molecule has 0 N–H and O–H groups in total. The lowest BCUT2D eigenvalue weighted by molar-refractivity contribution is 0.0844. The van der Waals surface area contributed by atoms with E-state index in [1.54, 1.807) is 18.2 Å². The number of amides is 1. The van der Waals surface area contributed by atoms with Crippen LogP contribution in [0.1, 0.15) is 65.3 Å². The van der Waals surface area contributed by atoms with Crippen LogP contribution in [0.25, 0.3) is 10.9 Å². The Labute approximate surface area is 307 Å². The third-order valence-corrected chi connectivity index (χ3v) is 12.8. The van der Waals surface area contributed by atoms with Crippen LogP contribution in [0.4, 0.5) is 14.5 Å². The zero-order valence-corrected chi connectivity index (χ0v) is 31.6. The van der Waals surface area contributed by atoms with E-state index in [0.717, 1.165) is 49.6 Å². The maximum Gasteiger partial charge on any atom is 0.276 e. The largest absolute Gasteiger partial charge is 0.361 e. The number of fused-ring (bicyclic) bond motifs is 1. The first-order valence-corrected chi connectivity index (χ1v) is 22.6. The summed E-state index contributed by atoms with van der Waals surface area (Å²) >= 11 is 0. The molecule has 3 heterocycles. The van der Waals surface area contributed by atoms with Crippen LogP contribution in [0, 0.1) is 23.0 Å². The predicted octanol–water partition coefficient (Wildman–Crippen LogP) is 7.19. The number of hydrogen-bond acceptors (Lipinski definition) is 8. The molecule has 0 unspecified atom stereocenters. The van der Waals surface area contributed by atoms with Crippen LogP contribution in [0.3, 0.4) is 0 Å². The van der Waals surface area contributed by atoms with E-state index < -0.39 is 46.1 Å². The highest BCUT2D eigenvalue weighted by atomic mass is 32.2. The summed E-state index contributed by atoms with van der Waals surface area (Å²) in [6.45, 7) is 7.21. The van der Waals surface area contributed by atoms with Crippen molar-refractivity contribution in [3.8, 4) is 6.07 Å². The molecule has 53 heavy (non-hydrogen) atoms. The van der Waals surface area contributed by atoms with Gasteiger partial charge in [-0.05, 0) is 78.9 Å².